The van der Waals surface area contributed by atoms with Gasteiger partial charge in [-0.15, -0.1) is 0 Å². The van der Waals surface area contributed by atoms with Gasteiger partial charge in [0.25, 0.3) is 0 Å². The number of rotatable bonds is 6. The van der Waals surface area contributed by atoms with Crippen LogP contribution in [0.5, 0.6) is 5.75 Å². The van der Waals surface area contributed by atoms with Crippen LogP contribution in [-0.4, -0.2) is 21.1 Å². The van der Waals surface area contributed by atoms with E-state index in [0.717, 1.165) is 0 Å². The van der Waals surface area contributed by atoms with Gasteiger partial charge in [0.2, 0.25) is 10.0 Å². The van der Waals surface area contributed by atoms with E-state index in [4.69, 9.17) is 10.5 Å². The zero-order valence-corrected chi connectivity index (χ0v) is 12.7. The van der Waals surface area contributed by atoms with E-state index in [2.05, 4.69) is 4.72 Å². The molecule has 3 N–H and O–H groups in total. The van der Waals surface area contributed by atoms with E-state index in [9.17, 15) is 8.42 Å². The van der Waals surface area contributed by atoms with Crippen LogP contribution in [0.25, 0.3) is 0 Å². The predicted molar refractivity (Wildman–Crippen MR) is 76.7 cm³/mol. The molecule has 0 aliphatic rings. The number of anilines is 1. The Balaban J connectivity index is 3.11. The minimum atomic E-state index is -3.58. The molecule has 0 bridgehead atoms. The second-order valence-corrected chi connectivity index (χ2v) is 6.46. The van der Waals surface area contributed by atoms with Gasteiger partial charge in [0.1, 0.15) is 5.75 Å². The van der Waals surface area contributed by atoms with Crippen molar-refractivity contribution >= 4 is 15.7 Å². The molecule has 0 radical (unpaired) electrons. The Labute approximate surface area is 115 Å². The summed E-state index contributed by atoms with van der Waals surface area (Å²) in [7, 11) is -2.09. The molecular weight excluding hydrogens is 264 g/mol. The number of nitrogens with one attached hydrogen (secondary N) is 1. The van der Waals surface area contributed by atoms with E-state index in [1.807, 2.05) is 20.8 Å². The summed E-state index contributed by atoms with van der Waals surface area (Å²) < 4.78 is 32.4. The van der Waals surface area contributed by atoms with Crippen molar-refractivity contribution in [1.82, 2.24) is 4.72 Å². The minimum absolute atomic E-state index is 0.152. The molecule has 0 unspecified atom stereocenters. The summed E-state index contributed by atoms with van der Waals surface area (Å²) in [5.41, 5.74) is 5.59. The number of hydrogen-bond acceptors (Lipinski definition) is 4. The molecule has 0 aromatic heterocycles. The Hall–Kier alpha value is -1.27. The topological polar surface area (TPSA) is 81.4 Å². The summed E-state index contributed by atoms with van der Waals surface area (Å²) in [6.45, 7) is 5.79. The van der Waals surface area contributed by atoms with E-state index in [1.165, 1.54) is 19.2 Å². The second kappa shape index (κ2) is 5.79. The van der Waals surface area contributed by atoms with Gasteiger partial charge in [-0.2, -0.15) is 0 Å². The van der Waals surface area contributed by atoms with E-state index in [1.54, 1.807) is 6.07 Å². The summed E-state index contributed by atoms with van der Waals surface area (Å²) in [5.74, 6) is 0.465. The molecule has 0 aliphatic heterocycles. The van der Waals surface area contributed by atoms with Gasteiger partial charge in [-0.1, -0.05) is 13.8 Å². The molecule has 1 aromatic rings. The molecule has 5 nitrogen and oxygen atoms in total. The average Bonchev–Trinajstić information content (AvgIpc) is 2.38. The number of nitrogen functional groups attached to an aromatic ring is 1. The molecule has 0 saturated heterocycles. The van der Waals surface area contributed by atoms with Crippen LogP contribution in [0.1, 0.15) is 33.6 Å². The zero-order valence-electron chi connectivity index (χ0n) is 11.9. The number of sulfonamides is 1. The van der Waals surface area contributed by atoms with Crippen LogP contribution in [0, 0.1) is 0 Å². The van der Waals surface area contributed by atoms with E-state index in [-0.39, 0.29) is 4.90 Å². The summed E-state index contributed by atoms with van der Waals surface area (Å²) in [4.78, 5) is 0.152. The van der Waals surface area contributed by atoms with Gasteiger partial charge in [-0.25, -0.2) is 13.1 Å². The van der Waals surface area contributed by atoms with Crippen LogP contribution >= 0.6 is 0 Å². The normalized spacial score (nSPS) is 12.4. The molecule has 0 spiro atoms. The van der Waals surface area contributed by atoms with E-state index >= 15 is 0 Å². The molecule has 6 heteroatoms. The fraction of sp³-hybridized carbons (Fsp3) is 0.538. The van der Waals surface area contributed by atoms with Crippen molar-refractivity contribution in [1.29, 1.82) is 0 Å². The number of methoxy groups -OCH3 is 1. The fourth-order valence-electron chi connectivity index (χ4n) is 1.66. The van der Waals surface area contributed by atoms with Gasteiger partial charge in [0, 0.05) is 5.54 Å². The first-order chi connectivity index (χ1) is 8.78. The third-order valence-electron chi connectivity index (χ3n) is 3.45. The van der Waals surface area contributed by atoms with Crippen molar-refractivity contribution in [3.05, 3.63) is 18.2 Å². The number of benzene rings is 1. The maximum atomic E-state index is 12.3. The maximum Gasteiger partial charge on any atom is 0.241 e. The van der Waals surface area contributed by atoms with Crippen molar-refractivity contribution in [2.24, 2.45) is 0 Å². The Bertz CT molecular complexity index is 537. The first kappa shape index (κ1) is 15.8. The molecule has 0 saturated carbocycles. The van der Waals surface area contributed by atoms with Crippen molar-refractivity contribution in [3.8, 4) is 5.75 Å². The van der Waals surface area contributed by atoms with Gasteiger partial charge >= 0.3 is 0 Å². The Morgan fingerprint density at radius 1 is 1.32 bits per heavy atom. The minimum Gasteiger partial charge on any atom is -0.495 e. The molecule has 0 aliphatic carbocycles. The molecule has 19 heavy (non-hydrogen) atoms. The van der Waals surface area contributed by atoms with Gasteiger partial charge in [0.05, 0.1) is 17.7 Å². The first-order valence-corrected chi connectivity index (χ1v) is 7.74. The van der Waals surface area contributed by atoms with Crippen LogP contribution in [0.2, 0.25) is 0 Å². The van der Waals surface area contributed by atoms with Gasteiger partial charge < -0.3 is 10.5 Å². The van der Waals surface area contributed by atoms with Gasteiger partial charge in [0.15, 0.2) is 0 Å². The Morgan fingerprint density at radius 2 is 1.89 bits per heavy atom. The standard InChI is InChI=1S/C13H22N2O3S/c1-5-13(3,6-2)15-19(16,17)10-7-8-12(18-4)11(14)9-10/h7-9,15H,5-6,14H2,1-4H3. The highest BCUT2D eigenvalue weighted by Gasteiger charge is 2.27. The largest absolute Gasteiger partial charge is 0.495 e. The Kier molecular flexibility index (Phi) is 4.81. The van der Waals surface area contributed by atoms with Gasteiger partial charge in [-0.05, 0) is 38.0 Å². The number of hydrogen-bond donors (Lipinski definition) is 2. The van der Waals surface area contributed by atoms with Crippen molar-refractivity contribution < 1.29 is 13.2 Å². The molecule has 0 amide bonds. The van der Waals surface area contributed by atoms with Crippen molar-refractivity contribution in [2.75, 3.05) is 12.8 Å². The monoisotopic (exact) mass is 286 g/mol. The second-order valence-electron chi connectivity index (χ2n) is 4.78. The predicted octanol–water partition coefficient (Wildman–Crippen LogP) is 2.13. The zero-order chi connectivity index (χ0) is 14.7. The Morgan fingerprint density at radius 3 is 2.32 bits per heavy atom. The summed E-state index contributed by atoms with van der Waals surface area (Å²) >= 11 is 0. The summed E-state index contributed by atoms with van der Waals surface area (Å²) in [6, 6.07) is 4.45. The third-order valence-corrected chi connectivity index (χ3v) is 5.09. The molecule has 0 heterocycles. The number of nitrogens with two attached hydrogens (primary N) is 1. The van der Waals surface area contributed by atoms with Crippen molar-refractivity contribution in [2.45, 2.75) is 44.0 Å². The van der Waals surface area contributed by atoms with Crippen LogP contribution in [0.3, 0.4) is 0 Å². The first-order valence-electron chi connectivity index (χ1n) is 6.25. The lowest BCUT2D eigenvalue weighted by molar-refractivity contribution is 0.388. The molecule has 1 aromatic carbocycles. The van der Waals surface area contributed by atoms with Gasteiger partial charge in [-0.3, -0.25) is 0 Å². The molecule has 0 atom stereocenters. The van der Waals surface area contributed by atoms with E-state index in [0.29, 0.717) is 24.3 Å². The maximum absolute atomic E-state index is 12.3. The molecular formula is C13H22N2O3S. The summed E-state index contributed by atoms with van der Waals surface area (Å²) in [5, 5.41) is 0. The lowest BCUT2D eigenvalue weighted by Gasteiger charge is -2.27. The average molecular weight is 286 g/mol. The summed E-state index contributed by atoms with van der Waals surface area (Å²) in [6.07, 6.45) is 1.43. The smallest absolute Gasteiger partial charge is 0.241 e. The lowest BCUT2D eigenvalue weighted by atomic mass is 9.98. The number of ether oxygens (including phenoxy) is 1. The van der Waals surface area contributed by atoms with Crippen LogP contribution in [0.4, 0.5) is 5.69 Å². The fourth-order valence-corrected chi connectivity index (χ4v) is 3.24. The highest BCUT2D eigenvalue weighted by atomic mass is 32.2. The van der Waals surface area contributed by atoms with Crippen LogP contribution in [0.15, 0.2) is 23.1 Å². The van der Waals surface area contributed by atoms with E-state index < -0.39 is 15.6 Å². The molecule has 1 rings (SSSR count). The quantitative estimate of drug-likeness (QED) is 0.785. The lowest BCUT2D eigenvalue weighted by Crippen LogP contribution is -2.44. The van der Waals surface area contributed by atoms with Crippen LogP contribution < -0.4 is 15.2 Å². The highest BCUT2D eigenvalue weighted by Crippen LogP contribution is 2.26. The molecule has 108 valence electrons. The SMILES string of the molecule is CCC(C)(CC)NS(=O)(=O)c1ccc(OC)c(N)c1. The van der Waals surface area contributed by atoms with Crippen LogP contribution in [-0.2, 0) is 10.0 Å². The van der Waals surface area contributed by atoms with Crippen molar-refractivity contribution in [3.63, 3.8) is 0 Å². The highest BCUT2D eigenvalue weighted by molar-refractivity contribution is 7.89. The third kappa shape index (κ3) is 3.61. The molecule has 0 fully saturated rings.